The standard InChI is InChI=1S/C14H22INS/c15-10-6-1-2-7-11-16-12-13-17-14-8-4-3-5-9-14/h3-5,8-9,16H,1-2,6-7,10-13H2. The Labute approximate surface area is 123 Å². The third-order valence-electron chi connectivity index (χ3n) is 2.53. The Morgan fingerprint density at radius 2 is 1.71 bits per heavy atom. The van der Waals surface area contributed by atoms with Crippen molar-refractivity contribution >= 4 is 34.4 Å². The number of benzene rings is 1. The number of rotatable bonds is 10. The Bertz CT molecular complexity index is 266. The summed E-state index contributed by atoms with van der Waals surface area (Å²) in [5.41, 5.74) is 0. The average molecular weight is 363 g/mol. The fourth-order valence-electron chi connectivity index (χ4n) is 1.58. The third-order valence-corrected chi connectivity index (χ3v) is 4.30. The van der Waals surface area contributed by atoms with Crippen LogP contribution in [0.4, 0.5) is 0 Å². The maximum absolute atomic E-state index is 3.51. The lowest BCUT2D eigenvalue weighted by atomic mass is 10.2. The highest BCUT2D eigenvalue weighted by atomic mass is 127. The van der Waals surface area contributed by atoms with Gasteiger partial charge < -0.3 is 5.32 Å². The van der Waals surface area contributed by atoms with Crippen LogP contribution in [0.3, 0.4) is 0 Å². The molecule has 0 saturated heterocycles. The summed E-state index contributed by atoms with van der Waals surface area (Å²) in [6.07, 6.45) is 5.47. The van der Waals surface area contributed by atoms with E-state index in [0.29, 0.717) is 0 Å². The minimum Gasteiger partial charge on any atom is -0.316 e. The highest BCUT2D eigenvalue weighted by Crippen LogP contribution is 2.15. The molecule has 0 aliphatic heterocycles. The van der Waals surface area contributed by atoms with E-state index in [9.17, 15) is 0 Å². The minimum absolute atomic E-state index is 1.12. The van der Waals surface area contributed by atoms with Crippen molar-refractivity contribution in [1.82, 2.24) is 5.32 Å². The third kappa shape index (κ3) is 8.91. The van der Waals surface area contributed by atoms with Gasteiger partial charge in [0.25, 0.3) is 0 Å². The molecule has 0 bridgehead atoms. The molecule has 1 aromatic carbocycles. The van der Waals surface area contributed by atoms with Crippen molar-refractivity contribution in [2.24, 2.45) is 0 Å². The predicted octanol–water partition coefficient (Wildman–Crippen LogP) is 4.36. The summed E-state index contributed by atoms with van der Waals surface area (Å²) in [6.45, 7) is 2.29. The quantitative estimate of drug-likeness (QED) is 0.287. The number of unbranched alkanes of at least 4 members (excludes halogenated alkanes) is 3. The lowest BCUT2D eigenvalue weighted by molar-refractivity contribution is 0.616. The van der Waals surface area contributed by atoms with Crippen LogP contribution in [0.2, 0.25) is 0 Å². The number of thioether (sulfide) groups is 1. The minimum atomic E-state index is 1.12. The maximum Gasteiger partial charge on any atom is 0.0106 e. The summed E-state index contributed by atoms with van der Waals surface area (Å²) < 4.78 is 1.30. The van der Waals surface area contributed by atoms with Gasteiger partial charge in [-0.2, -0.15) is 0 Å². The van der Waals surface area contributed by atoms with Crippen LogP contribution >= 0.6 is 34.4 Å². The van der Waals surface area contributed by atoms with Gasteiger partial charge >= 0.3 is 0 Å². The van der Waals surface area contributed by atoms with E-state index in [1.54, 1.807) is 0 Å². The summed E-state index contributed by atoms with van der Waals surface area (Å²) in [5.74, 6) is 1.16. The number of nitrogens with one attached hydrogen (secondary N) is 1. The molecular weight excluding hydrogens is 341 g/mol. The number of hydrogen-bond donors (Lipinski definition) is 1. The molecule has 1 N–H and O–H groups in total. The SMILES string of the molecule is ICCCCCCNCCSc1ccccc1. The van der Waals surface area contributed by atoms with Crippen molar-refractivity contribution in [3.05, 3.63) is 30.3 Å². The highest BCUT2D eigenvalue weighted by Gasteiger charge is 1.93. The van der Waals surface area contributed by atoms with E-state index in [0.717, 1.165) is 12.3 Å². The lowest BCUT2D eigenvalue weighted by Gasteiger charge is -2.04. The zero-order valence-electron chi connectivity index (χ0n) is 10.3. The fourth-order valence-corrected chi connectivity index (χ4v) is 2.95. The predicted molar refractivity (Wildman–Crippen MR) is 87.4 cm³/mol. The van der Waals surface area contributed by atoms with Crippen LogP contribution in [-0.4, -0.2) is 23.3 Å². The molecule has 0 aromatic heterocycles. The molecule has 1 nitrogen and oxygen atoms in total. The monoisotopic (exact) mass is 363 g/mol. The molecule has 0 atom stereocenters. The Morgan fingerprint density at radius 3 is 2.47 bits per heavy atom. The van der Waals surface area contributed by atoms with Gasteiger partial charge in [0, 0.05) is 17.2 Å². The van der Waals surface area contributed by atoms with Gasteiger partial charge in [-0.15, -0.1) is 11.8 Å². The van der Waals surface area contributed by atoms with Crippen molar-refractivity contribution < 1.29 is 0 Å². The van der Waals surface area contributed by atoms with Crippen LogP contribution in [0.1, 0.15) is 25.7 Å². The number of hydrogen-bond acceptors (Lipinski definition) is 2. The van der Waals surface area contributed by atoms with E-state index in [1.807, 2.05) is 11.8 Å². The molecule has 0 aliphatic carbocycles. The van der Waals surface area contributed by atoms with Gasteiger partial charge in [-0.3, -0.25) is 0 Å². The van der Waals surface area contributed by atoms with E-state index >= 15 is 0 Å². The first kappa shape index (κ1) is 15.3. The molecule has 3 heteroatoms. The number of halogens is 1. The largest absolute Gasteiger partial charge is 0.316 e. The van der Waals surface area contributed by atoms with Crippen molar-refractivity contribution in [3.63, 3.8) is 0 Å². The fraction of sp³-hybridized carbons (Fsp3) is 0.571. The van der Waals surface area contributed by atoms with Crippen LogP contribution in [0.25, 0.3) is 0 Å². The van der Waals surface area contributed by atoms with Gasteiger partial charge in [0.05, 0.1) is 0 Å². The van der Waals surface area contributed by atoms with E-state index in [2.05, 4.69) is 58.2 Å². The van der Waals surface area contributed by atoms with Crippen molar-refractivity contribution in [2.75, 3.05) is 23.3 Å². The molecular formula is C14H22INS. The molecule has 0 saturated carbocycles. The first-order valence-electron chi connectivity index (χ1n) is 6.38. The highest BCUT2D eigenvalue weighted by molar-refractivity contribution is 14.1. The topological polar surface area (TPSA) is 12.0 Å². The molecule has 96 valence electrons. The van der Waals surface area contributed by atoms with Crippen LogP contribution in [0.5, 0.6) is 0 Å². The lowest BCUT2D eigenvalue weighted by Crippen LogP contribution is -2.18. The molecule has 1 aromatic rings. The summed E-state index contributed by atoms with van der Waals surface area (Å²) in [7, 11) is 0. The van der Waals surface area contributed by atoms with Crippen molar-refractivity contribution in [3.8, 4) is 0 Å². The van der Waals surface area contributed by atoms with Gasteiger partial charge in [-0.05, 0) is 35.9 Å². The molecule has 17 heavy (non-hydrogen) atoms. The van der Waals surface area contributed by atoms with Crippen LogP contribution < -0.4 is 5.32 Å². The van der Waals surface area contributed by atoms with Crippen molar-refractivity contribution in [2.45, 2.75) is 30.6 Å². The molecule has 0 unspecified atom stereocenters. The van der Waals surface area contributed by atoms with Gasteiger partial charge in [0.2, 0.25) is 0 Å². The first-order valence-corrected chi connectivity index (χ1v) is 8.89. The van der Waals surface area contributed by atoms with Gasteiger partial charge in [0.1, 0.15) is 0 Å². The van der Waals surface area contributed by atoms with E-state index in [4.69, 9.17) is 0 Å². The maximum atomic E-state index is 3.51. The molecule has 0 spiro atoms. The van der Waals surface area contributed by atoms with Gasteiger partial charge in [0.15, 0.2) is 0 Å². The molecule has 0 fully saturated rings. The van der Waals surface area contributed by atoms with E-state index in [1.165, 1.54) is 41.6 Å². The van der Waals surface area contributed by atoms with E-state index < -0.39 is 0 Å². The Kier molecular flexibility index (Phi) is 10.2. The van der Waals surface area contributed by atoms with Gasteiger partial charge in [-0.1, -0.05) is 53.6 Å². The van der Waals surface area contributed by atoms with Crippen molar-refractivity contribution in [1.29, 1.82) is 0 Å². The molecule has 0 amide bonds. The molecule has 1 rings (SSSR count). The molecule has 0 radical (unpaired) electrons. The summed E-state index contributed by atoms with van der Waals surface area (Å²) in [5, 5.41) is 3.51. The molecule has 0 aliphatic rings. The van der Waals surface area contributed by atoms with E-state index in [-0.39, 0.29) is 0 Å². The average Bonchev–Trinajstić information content (AvgIpc) is 2.38. The number of alkyl halides is 1. The summed E-state index contributed by atoms with van der Waals surface area (Å²) in [4.78, 5) is 1.37. The zero-order valence-corrected chi connectivity index (χ0v) is 13.3. The van der Waals surface area contributed by atoms with Gasteiger partial charge in [-0.25, -0.2) is 0 Å². The second-order valence-corrected chi connectivity index (χ2v) is 6.26. The zero-order chi connectivity index (χ0) is 12.2. The smallest absolute Gasteiger partial charge is 0.0106 e. The Morgan fingerprint density at radius 1 is 0.941 bits per heavy atom. The normalized spacial score (nSPS) is 10.6. The first-order chi connectivity index (χ1) is 8.43. The van der Waals surface area contributed by atoms with Crippen LogP contribution in [0, 0.1) is 0 Å². The second kappa shape index (κ2) is 11.4. The second-order valence-electron chi connectivity index (χ2n) is 4.01. The summed E-state index contributed by atoms with van der Waals surface area (Å²) >= 11 is 4.38. The Balaban J connectivity index is 1.85. The van der Waals surface area contributed by atoms with Crippen LogP contribution in [0.15, 0.2) is 35.2 Å². The summed E-state index contributed by atoms with van der Waals surface area (Å²) in [6, 6.07) is 10.6. The van der Waals surface area contributed by atoms with Crippen LogP contribution in [-0.2, 0) is 0 Å². The Hall–Kier alpha value is 0.260. The molecule has 0 heterocycles.